The molecule has 0 unspecified atom stereocenters. The number of piperazine rings is 1. The molecule has 0 spiro atoms. The highest BCUT2D eigenvalue weighted by atomic mass is 32.2. The molecule has 1 aliphatic rings. The number of amides is 3. The molecular formula is C16H29N3O5S. The van der Waals surface area contributed by atoms with Crippen molar-refractivity contribution in [3.63, 3.8) is 0 Å². The van der Waals surface area contributed by atoms with Crippen LogP contribution in [0.4, 0.5) is 9.59 Å². The van der Waals surface area contributed by atoms with Gasteiger partial charge in [-0.3, -0.25) is 4.79 Å². The maximum absolute atomic E-state index is 12.1. The van der Waals surface area contributed by atoms with Crippen LogP contribution in [-0.2, 0) is 14.3 Å². The average molecular weight is 375 g/mol. The number of nitrogens with zero attached hydrogens (tertiary/aromatic N) is 2. The lowest BCUT2D eigenvalue weighted by Gasteiger charge is -2.34. The number of hydrogen-bond acceptors (Lipinski definition) is 6. The standard InChI is InChI=1S/C16H29N3O5S/c1-5-23-15(22)19-9-7-18(8-10-19)13(20)12-25-11-6-17-14(21)24-16(2,3)4/h5-12H2,1-4H3,(H,17,21). The van der Waals surface area contributed by atoms with Gasteiger partial charge in [0.1, 0.15) is 5.60 Å². The maximum Gasteiger partial charge on any atom is 0.409 e. The number of carbonyl (C=O) groups is 3. The van der Waals surface area contributed by atoms with Crippen LogP contribution >= 0.6 is 11.8 Å². The number of hydrogen-bond donors (Lipinski definition) is 1. The van der Waals surface area contributed by atoms with E-state index in [2.05, 4.69) is 5.32 Å². The normalized spacial score (nSPS) is 14.9. The molecule has 0 aromatic heterocycles. The number of rotatable bonds is 6. The van der Waals surface area contributed by atoms with Crippen LogP contribution in [0.5, 0.6) is 0 Å². The molecule has 1 fully saturated rings. The zero-order valence-electron chi connectivity index (χ0n) is 15.5. The number of ether oxygens (including phenoxy) is 2. The molecule has 0 bridgehead atoms. The SMILES string of the molecule is CCOC(=O)N1CCN(C(=O)CSCCNC(=O)OC(C)(C)C)CC1. The van der Waals surface area contributed by atoms with E-state index >= 15 is 0 Å². The summed E-state index contributed by atoms with van der Waals surface area (Å²) in [6, 6.07) is 0. The lowest BCUT2D eigenvalue weighted by molar-refractivity contribution is -0.129. The molecular weight excluding hydrogens is 346 g/mol. The molecule has 1 heterocycles. The van der Waals surface area contributed by atoms with Crippen molar-refractivity contribution in [3.05, 3.63) is 0 Å². The van der Waals surface area contributed by atoms with Crippen LogP contribution in [0.15, 0.2) is 0 Å². The highest BCUT2D eigenvalue weighted by Crippen LogP contribution is 2.08. The van der Waals surface area contributed by atoms with E-state index < -0.39 is 11.7 Å². The van der Waals surface area contributed by atoms with E-state index in [1.54, 1.807) is 16.7 Å². The fraction of sp³-hybridized carbons (Fsp3) is 0.812. The van der Waals surface area contributed by atoms with Gasteiger partial charge in [0.05, 0.1) is 12.4 Å². The number of nitrogens with one attached hydrogen (secondary N) is 1. The summed E-state index contributed by atoms with van der Waals surface area (Å²) in [5.74, 6) is 1.04. The summed E-state index contributed by atoms with van der Waals surface area (Å²) >= 11 is 1.46. The van der Waals surface area contributed by atoms with Gasteiger partial charge in [0, 0.05) is 38.5 Å². The molecule has 9 heteroatoms. The predicted molar refractivity (Wildman–Crippen MR) is 96.7 cm³/mol. The van der Waals surface area contributed by atoms with Crippen molar-refractivity contribution in [3.8, 4) is 0 Å². The molecule has 25 heavy (non-hydrogen) atoms. The minimum absolute atomic E-state index is 0.0470. The molecule has 0 aromatic carbocycles. The van der Waals surface area contributed by atoms with Gasteiger partial charge in [-0.05, 0) is 27.7 Å². The Balaban J connectivity index is 2.13. The fourth-order valence-electron chi connectivity index (χ4n) is 2.14. The summed E-state index contributed by atoms with van der Waals surface area (Å²) in [7, 11) is 0. The average Bonchev–Trinajstić information content (AvgIpc) is 2.53. The topological polar surface area (TPSA) is 88.2 Å². The number of alkyl carbamates (subject to hydrolysis) is 1. The van der Waals surface area contributed by atoms with E-state index in [4.69, 9.17) is 9.47 Å². The van der Waals surface area contributed by atoms with E-state index in [0.29, 0.717) is 50.8 Å². The summed E-state index contributed by atoms with van der Waals surface area (Å²) in [5, 5.41) is 2.66. The van der Waals surface area contributed by atoms with Gasteiger partial charge >= 0.3 is 12.2 Å². The number of carbonyl (C=O) groups excluding carboxylic acids is 3. The molecule has 1 rings (SSSR count). The van der Waals surface area contributed by atoms with Gasteiger partial charge in [0.25, 0.3) is 0 Å². The molecule has 1 saturated heterocycles. The third kappa shape index (κ3) is 8.85. The van der Waals surface area contributed by atoms with Crippen LogP contribution in [0.3, 0.4) is 0 Å². The Bertz CT molecular complexity index is 459. The monoisotopic (exact) mass is 375 g/mol. The van der Waals surface area contributed by atoms with Crippen LogP contribution in [-0.4, -0.2) is 84.3 Å². The van der Waals surface area contributed by atoms with Crippen molar-refractivity contribution in [1.82, 2.24) is 15.1 Å². The van der Waals surface area contributed by atoms with E-state index in [1.807, 2.05) is 20.8 Å². The molecule has 0 saturated carbocycles. The summed E-state index contributed by atoms with van der Waals surface area (Å²) < 4.78 is 10.1. The number of thioether (sulfide) groups is 1. The summed E-state index contributed by atoms with van der Waals surface area (Å²) in [6.45, 7) is 10.0. The van der Waals surface area contributed by atoms with Crippen LogP contribution in [0, 0.1) is 0 Å². The molecule has 0 atom stereocenters. The Morgan fingerprint density at radius 2 is 1.68 bits per heavy atom. The van der Waals surface area contributed by atoms with Crippen molar-refractivity contribution >= 4 is 29.9 Å². The lowest BCUT2D eigenvalue weighted by Crippen LogP contribution is -2.51. The first kappa shape index (κ1) is 21.4. The smallest absolute Gasteiger partial charge is 0.409 e. The summed E-state index contributed by atoms with van der Waals surface area (Å²) in [4.78, 5) is 38.6. The zero-order chi connectivity index (χ0) is 18.9. The van der Waals surface area contributed by atoms with Crippen molar-refractivity contribution in [2.45, 2.75) is 33.3 Å². The third-order valence-corrected chi connectivity index (χ3v) is 4.24. The van der Waals surface area contributed by atoms with Crippen LogP contribution in [0.2, 0.25) is 0 Å². The molecule has 0 radical (unpaired) electrons. The van der Waals surface area contributed by atoms with Gasteiger partial charge in [-0.25, -0.2) is 9.59 Å². The van der Waals surface area contributed by atoms with Crippen LogP contribution in [0.1, 0.15) is 27.7 Å². The van der Waals surface area contributed by atoms with Crippen LogP contribution in [0.25, 0.3) is 0 Å². The van der Waals surface area contributed by atoms with Gasteiger partial charge in [-0.2, -0.15) is 11.8 Å². The van der Waals surface area contributed by atoms with Gasteiger partial charge in [-0.1, -0.05) is 0 Å². The molecule has 0 aromatic rings. The quantitative estimate of drug-likeness (QED) is 0.709. The first-order valence-corrected chi connectivity index (χ1v) is 9.62. The maximum atomic E-state index is 12.1. The van der Waals surface area contributed by atoms with E-state index in [-0.39, 0.29) is 12.0 Å². The Labute approximate surface area is 153 Å². The lowest BCUT2D eigenvalue weighted by atomic mass is 10.2. The second-order valence-corrected chi connectivity index (χ2v) is 7.65. The Morgan fingerprint density at radius 3 is 2.24 bits per heavy atom. The highest BCUT2D eigenvalue weighted by Gasteiger charge is 2.24. The molecule has 0 aliphatic carbocycles. The highest BCUT2D eigenvalue weighted by molar-refractivity contribution is 7.99. The van der Waals surface area contributed by atoms with Crippen molar-refractivity contribution in [2.75, 3.05) is 50.8 Å². The molecule has 1 aliphatic heterocycles. The van der Waals surface area contributed by atoms with Crippen molar-refractivity contribution in [1.29, 1.82) is 0 Å². The van der Waals surface area contributed by atoms with Crippen LogP contribution < -0.4 is 5.32 Å². The second kappa shape index (κ2) is 10.4. The third-order valence-electron chi connectivity index (χ3n) is 3.30. The largest absolute Gasteiger partial charge is 0.450 e. The fourth-order valence-corrected chi connectivity index (χ4v) is 2.89. The Kier molecular flexibility index (Phi) is 8.88. The molecule has 1 N–H and O–H groups in total. The summed E-state index contributed by atoms with van der Waals surface area (Å²) in [5.41, 5.74) is -0.515. The molecule has 8 nitrogen and oxygen atoms in total. The van der Waals surface area contributed by atoms with Gasteiger partial charge in [-0.15, -0.1) is 0 Å². The van der Waals surface area contributed by atoms with Gasteiger partial charge in [0.15, 0.2) is 0 Å². The van der Waals surface area contributed by atoms with E-state index in [1.165, 1.54) is 11.8 Å². The van der Waals surface area contributed by atoms with E-state index in [9.17, 15) is 14.4 Å². The zero-order valence-corrected chi connectivity index (χ0v) is 16.3. The molecule has 144 valence electrons. The van der Waals surface area contributed by atoms with Crippen molar-refractivity contribution in [2.24, 2.45) is 0 Å². The molecule has 3 amide bonds. The minimum Gasteiger partial charge on any atom is -0.450 e. The van der Waals surface area contributed by atoms with E-state index in [0.717, 1.165) is 0 Å². The van der Waals surface area contributed by atoms with Crippen molar-refractivity contribution < 1.29 is 23.9 Å². The van der Waals surface area contributed by atoms with Gasteiger partial charge in [0.2, 0.25) is 5.91 Å². The predicted octanol–water partition coefficient (Wildman–Crippen LogP) is 1.54. The Hall–Kier alpha value is -1.64. The first-order chi connectivity index (χ1) is 11.7. The second-order valence-electron chi connectivity index (χ2n) is 6.55. The Morgan fingerprint density at radius 1 is 1.08 bits per heavy atom. The summed E-state index contributed by atoms with van der Waals surface area (Å²) in [6.07, 6.45) is -0.772. The first-order valence-electron chi connectivity index (χ1n) is 8.47. The minimum atomic E-state index is -0.515. The van der Waals surface area contributed by atoms with Gasteiger partial charge < -0.3 is 24.6 Å².